The van der Waals surface area contributed by atoms with Crippen LogP contribution in [0.1, 0.15) is 21.5 Å². The van der Waals surface area contributed by atoms with E-state index in [-0.39, 0.29) is 17.9 Å². The Morgan fingerprint density at radius 3 is 2.74 bits per heavy atom. The summed E-state index contributed by atoms with van der Waals surface area (Å²) in [5.74, 6) is -1.25. The lowest BCUT2D eigenvalue weighted by Crippen LogP contribution is -2.17. The molecule has 0 spiro atoms. The molecule has 0 saturated carbocycles. The van der Waals surface area contributed by atoms with Gasteiger partial charge in [-0.1, -0.05) is 12.1 Å². The second-order valence-corrected chi connectivity index (χ2v) is 4.94. The van der Waals surface area contributed by atoms with Crippen molar-refractivity contribution in [2.45, 2.75) is 13.3 Å². The quantitative estimate of drug-likeness (QED) is 0.901. The van der Waals surface area contributed by atoms with Crippen LogP contribution in [0, 0.1) is 6.92 Å². The van der Waals surface area contributed by atoms with Crippen molar-refractivity contribution in [2.24, 2.45) is 0 Å². The third kappa shape index (κ3) is 3.20. The van der Waals surface area contributed by atoms with Gasteiger partial charge in [-0.15, -0.1) is 0 Å². The van der Waals surface area contributed by atoms with Crippen LogP contribution in [0.5, 0.6) is 0 Å². The lowest BCUT2D eigenvalue weighted by molar-refractivity contribution is -0.115. The second kappa shape index (κ2) is 5.67. The third-order valence-corrected chi connectivity index (χ3v) is 3.44. The standard InChI is InChI=1S/C14H13NO3S/c1-9-3-2-4-11(13(9)14(17)18)15-12(16)7-10-5-6-19-8-10/h2-6,8H,7H2,1H3,(H,15,16)(H,17,18). The van der Waals surface area contributed by atoms with Gasteiger partial charge >= 0.3 is 5.97 Å². The van der Waals surface area contributed by atoms with Gasteiger partial charge in [-0.25, -0.2) is 4.79 Å². The minimum atomic E-state index is -1.04. The van der Waals surface area contributed by atoms with Gasteiger partial charge < -0.3 is 10.4 Å². The molecule has 0 aliphatic carbocycles. The topological polar surface area (TPSA) is 66.4 Å². The molecule has 0 aliphatic heterocycles. The molecule has 0 atom stereocenters. The molecule has 1 aromatic carbocycles. The van der Waals surface area contributed by atoms with Crippen LogP contribution in [0.15, 0.2) is 35.0 Å². The molecule has 1 heterocycles. The van der Waals surface area contributed by atoms with Crippen molar-refractivity contribution in [3.8, 4) is 0 Å². The minimum absolute atomic E-state index is 0.140. The largest absolute Gasteiger partial charge is 0.478 e. The van der Waals surface area contributed by atoms with E-state index in [1.807, 2.05) is 16.8 Å². The van der Waals surface area contributed by atoms with Gasteiger partial charge in [-0.2, -0.15) is 11.3 Å². The van der Waals surface area contributed by atoms with Gasteiger partial charge in [0, 0.05) is 0 Å². The molecule has 0 bridgehead atoms. The van der Waals surface area contributed by atoms with E-state index < -0.39 is 5.97 Å². The maximum Gasteiger partial charge on any atom is 0.338 e. The minimum Gasteiger partial charge on any atom is -0.478 e. The van der Waals surface area contributed by atoms with Crippen molar-refractivity contribution in [1.82, 2.24) is 0 Å². The van der Waals surface area contributed by atoms with Crippen LogP contribution < -0.4 is 5.32 Å². The third-order valence-electron chi connectivity index (χ3n) is 2.71. The molecular formula is C14H13NO3S. The number of carboxylic acid groups (broad SMARTS) is 1. The fourth-order valence-corrected chi connectivity index (χ4v) is 2.50. The highest BCUT2D eigenvalue weighted by Gasteiger charge is 2.15. The fourth-order valence-electron chi connectivity index (χ4n) is 1.83. The summed E-state index contributed by atoms with van der Waals surface area (Å²) in [4.78, 5) is 23.1. The van der Waals surface area contributed by atoms with Gasteiger partial charge in [0.1, 0.15) is 0 Å². The van der Waals surface area contributed by atoms with Crippen LogP contribution in [-0.4, -0.2) is 17.0 Å². The van der Waals surface area contributed by atoms with Crippen LogP contribution in [0.2, 0.25) is 0 Å². The lowest BCUT2D eigenvalue weighted by Gasteiger charge is -2.10. The average molecular weight is 275 g/mol. The zero-order chi connectivity index (χ0) is 13.8. The maximum atomic E-state index is 11.9. The van der Waals surface area contributed by atoms with E-state index in [1.165, 1.54) is 11.3 Å². The van der Waals surface area contributed by atoms with E-state index in [9.17, 15) is 9.59 Å². The summed E-state index contributed by atoms with van der Waals surface area (Å²) in [5, 5.41) is 15.6. The first-order valence-corrected chi connectivity index (χ1v) is 6.66. The number of anilines is 1. The smallest absolute Gasteiger partial charge is 0.338 e. The first-order valence-electron chi connectivity index (χ1n) is 5.72. The number of aromatic carboxylic acids is 1. The average Bonchev–Trinajstić information content (AvgIpc) is 2.81. The Balaban J connectivity index is 2.17. The molecule has 1 amide bonds. The van der Waals surface area contributed by atoms with Crippen molar-refractivity contribution in [2.75, 3.05) is 5.32 Å². The molecule has 0 saturated heterocycles. The van der Waals surface area contributed by atoms with Crippen LogP contribution in [0.25, 0.3) is 0 Å². The summed E-state index contributed by atoms with van der Waals surface area (Å²) in [7, 11) is 0. The molecule has 0 radical (unpaired) electrons. The highest BCUT2D eigenvalue weighted by molar-refractivity contribution is 7.08. The number of carbonyl (C=O) groups is 2. The number of carboxylic acids is 1. The molecule has 0 fully saturated rings. The number of thiophene rings is 1. The Hall–Kier alpha value is -2.14. The van der Waals surface area contributed by atoms with Gasteiger partial charge in [0.15, 0.2) is 0 Å². The van der Waals surface area contributed by atoms with E-state index >= 15 is 0 Å². The van der Waals surface area contributed by atoms with E-state index in [2.05, 4.69) is 5.32 Å². The fraction of sp³-hybridized carbons (Fsp3) is 0.143. The number of aryl methyl sites for hydroxylation is 1. The van der Waals surface area contributed by atoms with Crippen LogP contribution in [0.3, 0.4) is 0 Å². The van der Waals surface area contributed by atoms with E-state index in [1.54, 1.807) is 25.1 Å². The van der Waals surface area contributed by atoms with Crippen molar-refractivity contribution in [1.29, 1.82) is 0 Å². The Labute approximate surface area is 114 Å². The van der Waals surface area contributed by atoms with Gasteiger partial charge in [0.2, 0.25) is 5.91 Å². The molecule has 19 heavy (non-hydrogen) atoms. The predicted molar refractivity (Wildman–Crippen MR) is 74.8 cm³/mol. The van der Waals surface area contributed by atoms with Crippen LogP contribution in [0.4, 0.5) is 5.69 Å². The monoisotopic (exact) mass is 275 g/mol. The van der Waals surface area contributed by atoms with Gasteiger partial charge in [-0.05, 0) is 40.9 Å². The number of rotatable bonds is 4. The molecular weight excluding hydrogens is 262 g/mol. The van der Waals surface area contributed by atoms with Gasteiger partial charge in [0.25, 0.3) is 0 Å². The maximum absolute atomic E-state index is 11.9. The summed E-state index contributed by atoms with van der Waals surface area (Å²) in [6, 6.07) is 6.90. The molecule has 0 aliphatic rings. The lowest BCUT2D eigenvalue weighted by atomic mass is 10.1. The zero-order valence-electron chi connectivity index (χ0n) is 10.3. The van der Waals surface area contributed by atoms with E-state index in [4.69, 9.17) is 5.11 Å². The molecule has 2 N–H and O–H groups in total. The van der Waals surface area contributed by atoms with Gasteiger partial charge in [0.05, 0.1) is 17.7 Å². The predicted octanol–water partition coefficient (Wildman–Crippen LogP) is 2.94. The number of hydrogen-bond donors (Lipinski definition) is 2. The van der Waals surface area contributed by atoms with Crippen LogP contribution >= 0.6 is 11.3 Å². The Kier molecular flexibility index (Phi) is 3.97. The molecule has 1 aromatic heterocycles. The highest BCUT2D eigenvalue weighted by Crippen LogP contribution is 2.20. The molecule has 5 heteroatoms. The summed E-state index contributed by atoms with van der Waals surface area (Å²) in [5.41, 5.74) is 2.03. The first kappa shape index (κ1) is 13.3. The summed E-state index contributed by atoms with van der Waals surface area (Å²) in [6.45, 7) is 1.71. The summed E-state index contributed by atoms with van der Waals surface area (Å²) in [6.07, 6.45) is 0.247. The Morgan fingerprint density at radius 2 is 2.11 bits per heavy atom. The number of hydrogen-bond acceptors (Lipinski definition) is 3. The van der Waals surface area contributed by atoms with Crippen LogP contribution in [-0.2, 0) is 11.2 Å². The normalized spacial score (nSPS) is 10.2. The molecule has 2 aromatic rings. The van der Waals surface area contributed by atoms with E-state index in [0.717, 1.165) is 5.56 Å². The first-order chi connectivity index (χ1) is 9.08. The van der Waals surface area contributed by atoms with E-state index in [0.29, 0.717) is 11.3 Å². The summed E-state index contributed by atoms with van der Waals surface area (Å²) < 4.78 is 0. The van der Waals surface area contributed by atoms with Crippen molar-refractivity contribution in [3.63, 3.8) is 0 Å². The molecule has 0 unspecified atom stereocenters. The van der Waals surface area contributed by atoms with Crippen molar-refractivity contribution >= 4 is 28.9 Å². The molecule has 4 nitrogen and oxygen atoms in total. The molecule has 98 valence electrons. The number of carbonyl (C=O) groups excluding carboxylic acids is 1. The SMILES string of the molecule is Cc1cccc(NC(=O)Cc2ccsc2)c1C(=O)O. The van der Waals surface area contributed by atoms with Crippen molar-refractivity contribution in [3.05, 3.63) is 51.7 Å². The Bertz CT molecular complexity index is 605. The number of benzene rings is 1. The van der Waals surface area contributed by atoms with Gasteiger partial charge in [-0.3, -0.25) is 4.79 Å². The highest BCUT2D eigenvalue weighted by atomic mass is 32.1. The Morgan fingerprint density at radius 1 is 1.32 bits per heavy atom. The second-order valence-electron chi connectivity index (χ2n) is 4.16. The zero-order valence-corrected chi connectivity index (χ0v) is 11.2. The number of amides is 1. The molecule has 2 rings (SSSR count). The number of nitrogens with one attached hydrogen (secondary N) is 1. The van der Waals surface area contributed by atoms with Crippen molar-refractivity contribution < 1.29 is 14.7 Å². The summed E-state index contributed by atoms with van der Waals surface area (Å²) >= 11 is 1.52.